The van der Waals surface area contributed by atoms with Crippen LogP contribution in [0.2, 0.25) is 0 Å². The zero-order chi connectivity index (χ0) is 31.8. The van der Waals surface area contributed by atoms with Gasteiger partial charge >= 0.3 is 12.1 Å². The van der Waals surface area contributed by atoms with E-state index >= 15 is 0 Å². The highest BCUT2D eigenvalue weighted by molar-refractivity contribution is 5.89. The molecular weight excluding hydrogens is 534 g/mol. The second-order valence-corrected chi connectivity index (χ2v) is 12.0. The first-order valence-corrected chi connectivity index (χ1v) is 15.7. The molecule has 1 fully saturated rings. The van der Waals surface area contributed by atoms with Crippen LogP contribution in [0.3, 0.4) is 0 Å². The number of hydrogen-bond acceptors (Lipinski definition) is 3. The van der Waals surface area contributed by atoms with Crippen LogP contribution >= 0.6 is 0 Å². The molecule has 1 aliphatic rings. The van der Waals surface area contributed by atoms with E-state index in [2.05, 4.69) is 51.4 Å². The third kappa shape index (κ3) is 12.1. The molecule has 0 spiro atoms. The number of urea groups is 1. The zero-order valence-electron chi connectivity index (χ0n) is 27.3. The van der Waals surface area contributed by atoms with Gasteiger partial charge in [-0.1, -0.05) is 101 Å². The fourth-order valence-corrected chi connectivity index (χ4v) is 4.79. The minimum atomic E-state index is -0.537. The fourth-order valence-electron chi connectivity index (χ4n) is 4.79. The average molecular weight is 588 g/mol. The van der Waals surface area contributed by atoms with Gasteiger partial charge in [-0.15, -0.1) is 0 Å². The molecule has 2 aromatic carbocycles. The van der Waals surface area contributed by atoms with E-state index in [1.165, 1.54) is 12.0 Å². The number of rotatable bonds is 10. The molecule has 0 saturated carbocycles. The van der Waals surface area contributed by atoms with Crippen LogP contribution in [-0.4, -0.2) is 46.7 Å². The second-order valence-electron chi connectivity index (χ2n) is 12.0. The highest BCUT2D eigenvalue weighted by Crippen LogP contribution is 2.24. The lowest BCUT2D eigenvalue weighted by Crippen LogP contribution is -2.50. The number of piperidine rings is 1. The van der Waals surface area contributed by atoms with E-state index in [4.69, 9.17) is 4.74 Å². The number of nitrogens with one attached hydrogen (secondary N) is 1. The molecule has 0 radical (unpaired) electrons. The van der Waals surface area contributed by atoms with Crippen LogP contribution in [0.15, 0.2) is 79.9 Å². The third-order valence-electron chi connectivity index (χ3n) is 7.00. The SMILES string of the molecule is C=C/C=C(\C=C)c1ccc(CN(C(=O)Nc2ccc(CCCC)cc2)C2CCN(C(=O)OC(C)(C)C)CC2)cc1.CCC. The molecule has 43 heavy (non-hydrogen) atoms. The topological polar surface area (TPSA) is 61.9 Å². The lowest BCUT2D eigenvalue weighted by Gasteiger charge is -2.39. The fraction of sp³-hybridized carbons (Fsp3) is 0.459. The maximum Gasteiger partial charge on any atom is 0.410 e. The predicted octanol–water partition coefficient (Wildman–Crippen LogP) is 9.63. The molecule has 3 amide bonds. The molecule has 1 aliphatic heterocycles. The van der Waals surface area contributed by atoms with E-state index in [1.807, 2.05) is 74.2 Å². The quantitative estimate of drug-likeness (QED) is 0.282. The Kier molecular flexibility index (Phi) is 14.8. The van der Waals surface area contributed by atoms with Crippen molar-refractivity contribution >= 4 is 23.4 Å². The largest absolute Gasteiger partial charge is 0.444 e. The number of nitrogens with zero attached hydrogens (tertiary/aromatic N) is 2. The van der Waals surface area contributed by atoms with Gasteiger partial charge in [-0.25, -0.2) is 9.59 Å². The normalized spacial score (nSPS) is 13.8. The molecule has 1 N–H and O–H groups in total. The van der Waals surface area contributed by atoms with Crippen LogP contribution in [0.5, 0.6) is 0 Å². The molecule has 0 atom stereocenters. The summed E-state index contributed by atoms with van der Waals surface area (Å²) in [6.45, 7) is 21.3. The van der Waals surface area contributed by atoms with E-state index in [1.54, 1.807) is 11.0 Å². The number of ether oxygens (including phenoxy) is 1. The van der Waals surface area contributed by atoms with Gasteiger partial charge < -0.3 is 19.9 Å². The monoisotopic (exact) mass is 587 g/mol. The van der Waals surface area contributed by atoms with Crippen molar-refractivity contribution in [3.8, 4) is 0 Å². The first kappa shape index (κ1) is 35.4. The van der Waals surface area contributed by atoms with Crippen molar-refractivity contribution in [1.82, 2.24) is 9.80 Å². The summed E-state index contributed by atoms with van der Waals surface area (Å²) >= 11 is 0. The van der Waals surface area contributed by atoms with Gasteiger partial charge in [-0.3, -0.25) is 0 Å². The summed E-state index contributed by atoms with van der Waals surface area (Å²) in [4.78, 5) is 29.9. The smallest absolute Gasteiger partial charge is 0.410 e. The molecule has 6 nitrogen and oxygen atoms in total. The Morgan fingerprint density at radius 2 is 1.56 bits per heavy atom. The van der Waals surface area contributed by atoms with Crippen molar-refractivity contribution in [1.29, 1.82) is 0 Å². The van der Waals surface area contributed by atoms with E-state index in [-0.39, 0.29) is 18.2 Å². The summed E-state index contributed by atoms with van der Waals surface area (Å²) in [5, 5.41) is 3.11. The van der Waals surface area contributed by atoms with E-state index in [9.17, 15) is 9.59 Å². The van der Waals surface area contributed by atoms with Gasteiger partial charge in [0.05, 0.1) is 0 Å². The van der Waals surface area contributed by atoms with Gasteiger partial charge in [0.2, 0.25) is 0 Å². The van der Waals surface area contributed by atoms with Crippen molar-refractivity contribution in [2.75, 3.05) is 18.4 Å². The standard InChI is InChI=1S/C34H45N3O3.C3H8/c1-7-10-12-26-15-19-30(20-16-26)35-32(38)37(25-27-13-17-29(18-14-27)28(9-3)11-8-2)31-21-23-36(24-22-31)33(39)40-34(4,5)6;1-3-2/h8-9,11,13-20,31H,2-3,7,10,12,21-25H2,1,4-6H3,(H,35,38);3H2,1-2H3/b28-11+;. The number of likely N-dealkylation sites (tertiary alicyclic amines) is 1. The number of carbonyl (C=O) groups is 2. The molecule has 6 heteroatoms. The van der Waals surface area contributed by atoms with Crippen LogP contribution in [0, 0.1) is 0 Å². The maximum absolute atomic E-state index is 13.7. The number of carbonyl (C=O) groups excluding carboxylic acids is 2. The van der Waals surface area contributed by atoms with Crippen molar-refractivity contribution in [3.05, 3.63) is 96.6 Å². The molecule has 2 aromatic rings. The van der Waals surface area contributed by atoms with Crippen molar-refractivity contribution in [2.45, 2.75) is 98.3 Å². The maximum atomic E-state index is 13.7. The van der Waals surface area contributed by atoms with Crippen molar-refractivity contribution < 1.29 is 14.3 Å². The van der Waals surface area contributed by atoms with Gasteiger partial charge in [-0.05, 0) is 80.9 Å². The Bertz CT molecular complexity index is 1190. The minimum Gasteiger partial charge on any atom is -0.444 e. The number of hydrogen-bond donors (Lipinski definition) is 1. The molecular formula is C37H53N3O3. The number of benzene rings is 2. The van der Waals surface area contributed by atoms with Crippen LogP contribution in [0.4, 0.5) is 15.3 Å². The van der Waals surface area contributed by atoms with Gasteiger partial charge in [0.15, 0.2) is 0 Å². The average Bonchev–Trinajstić information content (AvgIpc) is 2.98. The molecule has 234 valence electrons. The molecule has 0 aromatic heterocycles. The predicted molar refractivity (Wildman–Crippen MR) is 181 cm³/mol. The van der Waals surface area contributed by atoms with Crippen LogP contribution in [0.1, 0.15) is 90.3 Å². The number of unbranched alkanes of at least 4 members (excludes halogenated alkanes) is 1. The lowest BCUT2D eigenvalue weighted by molar-refractivity contribution is 0.0164. The third-order valence-corrected chi connectivity index (χ3v) is 7.00. The summed E-state index contributed by atoms with van der Waals surface area (Å²) in [6.07, 6.45) is 11.1. The Hall–Kier alpha value is -3.80. The van der Waals surface area contributed by atoms with Crippen molar-refractivity contribution in [3.63, 3.8) is 0 Å². The molecule has 1 heterocycles. The van der Waals surface area contributed by atoms with Gasteiger partial charge in [0, 0.05) is 31.4 Å². The first-order valence-electron chi connectivity index (χ1n) is 15.7. The van der Waals surface area contributed by atoms with E-state index < -0.39 is 5.60 Å². The summed E-state index contributed by atoms with van der Waals surface area (Å²) in [5.41, 5.74) is 4.59. The summed E-state index contributed by atoms with van der Waals surface area (Å²) in [6, 6.07) is 16.2. The Morgan fingerprint density at radius 1 is 0.977 bits per heavy atom. The lowest BCUT2D eigenvalue weighted by atomic mass is 10.0. The van der Waals surface area contributed by atoms with Gasteiger partial charge in [0.25, 0.3) is 0 Å². The molecule has 0 aliphatic carbocycles. The van der Waals surface area contributed by atoms with Crippen molar-refractivity contribution in [2.24, 2.45) is 0 Å². The number of aryl methyl sites for hydroxylation is 1. The number of amides is 3. The number of allylic oxidation sites excluding steroid dienone is 4. The minimum absolute atomic E-state index is 0.00779. The molecule has 1 saturated heterocycles. The molecule has 3 rings (SSSR count). The molecule has 0 unspecified atom stereocenters. The number of anilines is 1. The summed E-state index contributed by atoms with van der Waals surface area (Å²) < 4.78 is 5.56. The van der Waals surface area contributed by atoms with Crippen LogP contribution < -0.4 is 5.32 Å². The highest BCUT2D eigenvalue weighted by atomic mass is 16.6. The van der Waals surface area contributed by atoms with Gasteiger partial charge in [0.1, 0.15) is 5.60 Å². The van der Waals surface area contributed by atoms with Gasteiger partial charge in [-0.2, -0.15) is 0 Å². The van der Waals surface area contributed by atoms with E-state index in [0.29, 0.717) is 32.5 Å². The highest BCUT2D eigenvalue weighted by Gasteiger charge is 2.31. The summed E-state index contributed by atoms with van der Waals surface area (Å²) in [7, 11) is 0. The Morgan fingerprint density at radius 3 is 2.07 bits per heavy atom. The Labute approximate surface area is 260 Å². The second kappa shape index (κ2) is 18.0. The summed E-state index contributed by atoms with van der Waals surface area (Å²) in [5.74, 6) is 0. The van der Waals surface area contributed by atoms with E-state index in [0.717, 1.165) is 41.6 Å². The molecule has 0 bridgehead atoms. The Balaban J connectivity index is 0.00000206. The van der Waals surface area contributed by atoms with Crippen LogP contribution in [-0.2, 0) is 17.7 Å². The zero-order valence-corrected chi connectivity index (χ0v) is 27.3. The first-order chi connectivity index (χ1) is 20.5. The van der Waals surface area contributed by atoms with Crippen LogP contribution in [0.25, 0.3) is 5.57 Å².